The van der Waals surface area contributed by atoms with Crippen LogP contribution in [0.5, 0.6) is 0 Å². The molecule has 0 radical (unpaired) electrons. The Kier molecular flexibility index (Phi) is 3.14. The van der Waals surface area contributed by atoms with E-state index < -0.39 is 10.8 Å². The summed E-state index contributed by atoms with van der Waals surface area (Å²) >= 11 is 0. The van der Waals surface area contributed by atoms with Crippen LogP contribution >= 0.6 is 0 Å². The fourth-order valence-corrected chi connectivity index (χ4v) is 2.43. The number of aryl methyl sites for hydroxylation is 1. The highest BCUT2D eigenvalue weighted by molar-refractivity contribution is 7.84. The molecule has 0 bridgehead atoms. The molecular weight excluding hydrogens is 227 g/mol. The van der Waals surface area contributed by atoms with E-state index in [0.29, 0.717) is 10.6 Å². The molecule has 0 saturated carbocycles. The molecule has 0 saturated heterocycles. The molecule has 1 heterocycles. The van der Waals surface area contributed by atoms with E-state index in [0.717, 1.165) is 5.56 Å². The number of benzene rings is 1. The molecule has 0 amide bonds. The smallest absolute Gasteiger partial charge is 0.123 e. The van der Waals surface area contributed by atoms with Gasteiger partial charge in [0.15, 0.2) is 0 Å². The minimum absolute atomic E-state index is 0.317. The SMILES string of the molecule is Cn1cc(CS(=O)c2ccc(F)cc2)cn1. The summed E-state index contributed by atoms with van der Waals surface area (Å²) in [4.78, 5) is 0.630. The van der Waals surface area contributed by atoms with Gasteiger partial charge in [-0.05, 0) is 24.3 Å². The zero-order valence-electron chi connectivity index (χ0n) is 8.76. The molecule has 84 valence electrons. The average Bonchev–Trinajstić information content (AvgIpc) is 2.65. The molecule has 0 aliphatic rings. The van der Waals surface area contributed by atoms with Gasteiger partial charge in [0.2, 0.25) is 0 Å². The first kappa shape index (κ1) is 11.0. The number of nitrogens with zero attached hydrogens (tertiary/aromatic N) is 2. The van der Waals surface area contributed by atoms with Gasteiger partial charge in [-0.3, -0.25) is 8.89 Å². The summed E-state index contributed by atoms with van der Waals surface area (Å²) in [7, 11) is 0.661. The minimum atomic E-state index is -1.15. The molecule has 0 aliphatic heterocycles. The Hall–Kier alpha value is -1.49. The van der Waals surface area contributed by atoms with Crippen LogP contribution in [-0.4, -0.2) is 14.0 Å². The van der Waals surface area contributed by atoms with Gasteiger partial charge in [-0.1, -0.05) is 0 Å². The quantitative estimate of drug-likeness (QED) is 0.818. The topological polar surface area (TPSA) is 34.9 Å². The van der Waals surface area contributed by atoms with Crippen LogP contribution in [0.1, 0.15) is 5.56 Å². The second-order valence-corrected chi connectivity index (χ2v) is 4.92. The van der Waals surface area contributed by atoms with E-state index in [9.17, 15) is 8.60 Å². The zero-order valence-corrected chi connectivity index (χ0v) is 9.58. The highest BCUT2D eigenvalue weighted by Gasteiger charge is 2.06. The Labute approximate surface area is 95.4 Å². The largest absolute Gasteiger partial charge is 0.276 e. The predicted octanol–water partition coefficient (Wildman–Crippen LogP) is 1.87. The van der Waals surface area contributed by atoms with E-state index in [1.807, 2.05) is 13.2 Å². The van der Waals surface area contributed by atoms with E-state index >= 15 is 0 Å². The predicted molar refractivity (Wildman–Crippen MR) is 59.7 cm³/mol. The third kappa shape index (κ3) is 2.55. The second kappa shape index (κ2) is 4.57. The fraction of sp³-hybridized carbons (Fsp3) is 0.182. The standard InChI is InChI=1S/C11H11FN2OS/c1-14-7-9(6-13-14)8-16(15)11-4-2-10(12)3-5-11/h2-7H,8H2,1H3. The van der Waals surface area contributed by atoms with Crippen molar-refractivity contribution in [1.82, 2.24) is 9.78 Å². The summed E-state index contributed by atoms with van der Waals surface area (Å²) in [6, 6.07) is 5.72. The monoisotopic (exact) mass is 238 g/mol. The molecule has 2 rings (SSSR count). The van der Waals surface area contributed by atoms with Crippen LogP contribution in [-0.2, 0) is 23.6 Å². The number of aromatic nitrogens is 2. The number of halogens is 1. The molecule has 3 nitrogen and oxygen atoms in total. The molecule has 16 heavy (non-hydrogen) atoms. The van der Waals surface area contributed by atoms with Crippen molar-refractivity contribution >= 4 is 10.8 Å². The average molecular weight is 238 g/mol. The lowest BCUT2D eigenvalue weighted by Gasteiger charge is -1.99. The van der Waals surface area contributed by atoms with E-state index in [4.69, 9.17) is 0 Å². The maximum atomic E-state index is 12.7. The van der Waals surface area contributed by atoms with Crippen LogP contribution < -0.4 is 0 Å². The van der Waals surface area contributed by atoms with Crippen molar-refractivity contribution < 1.29 is 8.60 Å². The number of hydrogen-bond donors (Lipinski definition) is 0. The van der Waals surface area contributed by atoms with Gasteiger partial charge in [-0.2, -0.15) is 5.10 Å². The molecule has 0 fully saturated rings. The van der Waals surface area contributed by atoms with Crippen molar-refractivity contribution in [2.45, 2.75) is 10.6 Å². The molecule has 2 aromatic rings. The summed E-state index contributed by atoms with van der Waals surface area (Å²) in [5.74, 6) is 0.0848. The number of hydrogen-bond acceptors (Lipinski definition) is 2. The summed E-state index contributed by atoms with van der Waals surface area (Å²) in [6.45, 7) is 0. The Morgan fingerprint density at radius 3 is 2.62 bits per heavy atom. The van der Waals surface area contributed by atoms with Gasteiger partial charge in [0.25, 0.3) is 0 Å². The Balaban J connectivity index is 2.11. The zero-order chi connectivity index (χ0) is 11.5. The van der Waals surface area contributed by atoms with Crippen molar-refractivity contribution in [3.05, 3.63) is 48.0 Å². The van der Waals surface area contributed by atoms with Crippen molar-refractivity contribution in [1.29, 1.82) is 0 Å². The molecule has 0 spiro atoms. The third-order valence-electron chi connectivity index (χ3n) is 2.13. The summed E-state index contributed by atoms with van der Waals surface area (Å²) < 4.78 is 26.2. The van der Waals surface area contributed by atoms with E-state index in [-0.39, 0.29) is 5.82 Å². The van der Waals surface area contributed by atoms with E-state index in [1.165, 1.54) is 12.1 Å². The lowest BCUT2D eigenvalue weighted by molar-refractivity contribution is 0.626. The maximum absolute atomic E-state index is 12.7. The van der Waals surface area contributed by atoms with Gasteiger partial charge in [-0.25, -0.2) is 4.39 Å². The molecule has 0 aliphatic carbocycles. The Bertz CT molecular complexity index is 507. The summed E-state index contributed by atoms with van der Waals surface area (Å²) in [5.41, 5.74) is 0.908. The molecular formula is C11H11FN2OS. The molecule has 5 heteroatoms. The van der Waals surface area contributed by atoms with Gasteiger partial charge in [-0.15, -0.1) is 0 Å². The van der Waals surface area contributed by atoms with Gasteiger partial charge >= 0.3 is 0 Å². The first-order valence-corrected chi connectivity index (χ1v) is 6.08. The highest BCUT2D eigenvalue weighted by atomic mass is 32.2. The fourth-order valence-electron chi connectivity index (χ4n) is 1.37. The summed E-state index contributed by atoms with van der Waals surface area (Å²) in [5, 5.41) is 4.00. The van der Waals surface area contributed by atoms with E-state index in [2.05, 4.69) is 5.10 Å². The van der Waals surface area contributed by atoms with Crippen LogP contribution in [0.15, 0.2) is 41.6 Å². The maximum Gasteiger partial charge on any atom is 0.123 e. The highest BCUT2D eigenvalue weighted by Crippen LogP contribution is 2.12. The van der Waals surface area contributed by atoms with Crippen LogP contribution in [0.3, 0.4) is 0 Å². The first-order chi connectivity index (χ1) is 7.65. The van der Waals surface area contributed by atoms with Gasteiger partial charge in [0.05, 0.1) is 22.7 Å². The van der Waals surface area contributed by atoms with Gasteiger partial charge < -0.3 is 0 Å². The van der Waals surface area contributed by atoms with Crippen molar-refractivity contribution in [2.75, 3.05) is 0 Å². The van der Waals surface area contributed by atoms with Crippen molar-refractivity contribution in [3.63, 3.8) is 0 Å². The molecule has 1 aromatic heterocycles. The van der Waals surface area contributed by atoms with Gasteiger partial charge in [0.1, 0.15) is 5.82 Å². The second-order valence-electron chi connectivity index (χ2n) is 3.47. The van der Waals surface area contributed by atoms with Crippen LogP contribution in [0.25, 0.3) is 0 Å². The van der Waals surface area contributed by atoms with Gasteiger partial charge in [0, 0.05) is 23.7 Å². The van der Waals surface area contributed by atoms with Crippen LogP contribution in [0.2, 0.25) is 0 Å². The Morgan fingerprint density at radius 1 is 1.38 bits per heavy atom. The third-order valence-corrected chi connectivity index (χ3v) is 3.53. The lowest BCUT2D eigenvalue weighted by Crippen LogP contribution is -1.95. The molecule has 1 aromatic carbocycles. The summed E-state index contributed by atoms with van der Waals surface area (Å²) in [6.07, 6.45) is 3.50. The van der Waals surface area contributed by atoms with E-state index in [1.54, 1.807) is 23.0 Å². The van der Waals surface area contributed by atoms with Crippen LogP contribution in [0.4, 0.5) is 4.39 Å². The van der Waals surface area contributed by atoms with Crippen molar-refractivity contribution in [3.8, 4) is 0 Å². The number of rotatable bonds is 3. The Morgan fingerprint density at radius 2 is 2.06 bits per heavy atom. The van der Waals surface area contributed by atoms with Crippen LogP contribution in [0, 0.1) is 5.82 Å². The first-order valence-electron chi connectivity index (χ1n) is 4.76. The minimum Gasteiger partial charge on any atom is -0.276 e. The van der Waals surface area contributed by atoms with Crippen molar-refractivity contribution in [2.24, 2.45) is 7.05 Å². The molecule has 1 atom stereocenters. The lowest BCUT2D eigenvalue weighted by atomic mass is 10.4. The molecule has 1 unspecified atom stereocenters. The normalized spacial score (nSPS) is 12.6. The molecule has 0 N–H and O–H groups in total.